The number of aryl methyl sites for hydroxylation is 1. The molecule has 0 unspecified atom stereocenters. The van der Waals surface area contributed by atoms with Crippen LogP contribution in [0, 0.1) is 18.8 Å². The van der Waals surface area contributed by atoms with Crippen molar-refractivity contribution in [3.05, 3.63) is 29.8 Å². The second-order valence-electron chi connectivity index (χ2n) is 5.76. The fourth-order valence-electron chi connectivity index (χ4n) is 2.58. The molecule has 0 aliphatic carbocycles. The third-order valence-electron chi connectivity index (χ3n) is 3.63. The third kappa shape index (κ3) is 3.20. The first-order chi connectivity index (χ1) is 9.29. The first-order valence-corrected chi connectivity index (χ1v) is 8.44. The molecule has 0 bridgehead atoms. The maximum atomic E-state index is 12.4. The topological polar surface area (TPSA) is 60.4 Å². The maximum absolute atomic E-state index is 12.4. The van der Waals surface area contributed by atoms with Gasteiger partial charge in [-0.25, -0.2) is 8.42 Å². The van der Waals surface area contributed by atoms with Gasteiger partial charge in [0, 0.05) is 5.92 Å². The SMILES string of the molecule is Cc1ccc(S(=O)(=O)C[C@@H]2CC(=O)O[C@H]2C(C)C)cc1. The van der Waals surface area contributed by atoms with Crippen molar-refractivity contribution in [1.29, 1.82) is 0 Å². The van der Waals surface area contributed by atoms with Gasteiger partial charge in [0.1, 0.15) is 6.10 Å². The molecular formula is C15H20O4S. The van der Waals surface area contributed by atoms with E-state index in [0.717, 1.165) is 5.56 Å². The zero-order valence-electron chi connectivity index (χ0n) is 12.0. The summed E-state index contributed by atoms with van der Waals surface area (Å²) < 4.78 is 30.0. The molecule has 2 atom stereocenters. The number of benzene rings is 1. The molecule has 1 heterocycles. The van der Waals surface area contributed by atoms with E-state index in [2.05, 4.69) is 0 Å². The Morgan fingerprint density at radius 1 is 1.25 bits per heavy atom. The Hall–Kier alpha value is -1.36. The van der Waals surface area contributed by atoms with Crippen molar-refractivity contribution in [2.24, 2.45) is 11.8 Å². The number of rotatable bonds is 4. The van der Waals surface area contributed by atoms with Crippen molar-refractivity contribution < 1.29 is 17.9 Å². The molecule has 1 aliphatic heterocycles. The molecule has 0 saturated carbocycles. The second kappa shape index (κ2) is 5.56. The molecule has 1 fully saturated rings. The first-order valence-electron chi connectivity index (χ1n) is 6.78. The van der Waals surface area contributed by atoms with Gasteiger partial charge in [0.2, 0.25) is 0 Å². The van der Waals surface area contributed by atoms with E-state index < -0.39 is 9.84 Å². The summed E-state index contributed by atoms with van der Waals surface area (Å²) in [4.78, 5) is 11.7. The Labute approximate surface area is 120 Å². The van der Waals surface area contributed by atoms with Gasteiger partial charge in [0.15, 0.2) is 9.84 Å². The molecule has 20 heavy (non-hydrogen) atoms. The molecule has 0 radical (unpaired) electrons. The molecule has 4 nitrogen and oxygen atoms in total. The Morgan fingerprint density at radius 3 is 2.40 bits per heavy atom. The van der Waals surface area contributed by atoms with Crippen LogP contribution in [0.2, 0.25) is 0 Å². The van der Waals surface area contributed by atoms with Crippen LogP contribution in [-0.4, -0.2) is 26.2 Å². The van der Waals surface area contributed by atoms with Crippen LogP contribution in [0.4, 0.5) is 0 Å². The summed E-state index contributed by atoms with van der Waals surface area (Å²) >= 11 is 0. The van der Waals surface area contributed by atoms with E-state index in [9.17, 15) is 13.2 Å². The minimum Gasteiger partial charge on any atom is -0.462 e. The van der Waals surface area contributed by atoms with E-state index in [-0.39, 0.29) is 36.1 Å². The highest BCUT2D eigenvalue weighted by molar-refractivity contribution is 7.91. The number of esters is 1. The quantitative estimate of drug-likeness (QED) is 0.800. The van der Waals surface area contributed by atoms with E-state index in [1.807, 2.05) is 20.8 Å². The molecule has 1 aliphatic rings. The minimum atomic E-state index is -3.38. The Bertz CT molecular complexity index is 587. The molecule has 1 aromatic rings. The lowest BCUT2D eigenvalue weighted by molar-refractivity contribution is -0.143. The van der Waals surface area contributed by atoms with E-state index in [1.54, 1.807) is 24.3 Å². The van der Waals surface area contributed by atoms with Crippen LogP contribution >= 0.6 is 0 Å². The van der Waals surface area contributed by atoms with Gasteiger partial charge in [0.05, 0.1) is 17.1 Å². The predicted octanol–water partition coefficient (Wildman–Crippen LogP) is 2.36. The van der Waals surface area contributed by atoms with E-state index in [0.29, 0.717) is 4.90 Å². The number of cyclic esters (lactones) is 1. The number of carbonyl (C=O) groups is 1. The molecule has 0 amide bonds. The fourth-order valence-corrected chi connectivity index (χ4v) is 4.20. The highest BCUT2D eigenvalue weighted by Gasteiger charge is 2.39. The zero-order valence-corrected chi connectivity index (χ0v) is 12.8. The van der Waals surface area contributed by atoms with Crippen LogP contribution in [0.15, 0.2) is 29.2 Å². The second-order valence-corrected chi connectivity index (χ2v) is 7.79. The van der Waals surface area contributed by atoms with Gasteiger partial charge in [0.25, 0.3) is 0 Å². The number of hydrogen-bond donors (Lipinski definition) is 0. The summed E-state index contributed by atoms with van der Waals surface area (Å²) in [5, 5.41) is 0. The third-order valence-corrected chi connectivity index (χ3v) is 5.49. The summed E-state index contributed by atoms with van der Waals surface area (Å²) in [6.45, 7) is 5.79. The summed E-state index contributed by atoms with van der Waals surface area (Å²) in [5.74, 6) is -0.466. The van der Waals surface area contributed by atoms with Gasteiger partial charge in [-0.1, -0.05) is 31.5 Å². The summed E-state index contributed by atoms with van der Waals surface area (Å²) in [5.41, 5.74) is 1.02. The molecule has 1 aromatic carbocycles. The van der Waals surface area contributed by atoms with Gasteiger partial charge in [-0.05, 0) is 25.0 Å². The van der Waals surface area contributed by atoms with Crippen molar-refractivity contribution in [2.45, 2.75) is 38.2 Å². The molecule has 1 saturated heterocycles. The molecule has 5 heteroatoms. The number of ether oxygens (including phenoxy) is 1. The van der Waals surface area contributed by atoms with Crippen molar-refractivity contribution in [3.63, 3.8) is 0 Å². The van der Waals surface area contributed by atoms with Crippen molar-refractivity contribution in [1.82, 2.24) is 0 Å². The van der Waals surface area contributed by atoms with Crippen LogP contribution in [-0.2, 0) is 19.4 Å². The van der Waals surface area contributed by atoms with Gasteiger partial charge < -0.3 is 4.74 Å². The smallest absolute Gasteiger partial charge is 0.306 e. The summed E-state index contributed by atoms with van der Waals surface area (Å²) in [6.07, 6.45) is -0.115. The predicted molar refractivity (Wildman–Crippen MR) is 76.1 cm³/mol. The standard InChI is InChI=1S/C15H20O4S/c1-10(2)15-12(8-14(16)19-15)9-20(17,18)13-6-4-11(3)5-7-13/h4-7,10,12,15H,8-9H2,1-3H3/t12-,15-/m0/s1. The average Bonchev–Trinajstić information content (AvgIpc) is 2.70. The first kappa shape index (κ1) is 15.0. The van der Waals surface area contributed by atoms with E-state index >= 15 is 0 Å². The fraction of sp³-hybridized carbons (Fsp3) is 0.533. The Kier molecular flexibility index (Phi) is 4.18. The van der Waals surface area contributed by atoms with Crippen molar-refractivity contribution in [3.8, 4) is 0 Å². The largest absolute Gasteiger partial charge is 0.462 e. The van der Waals surface area contributed by atoms with Gasteiger partial charge in [-0.2, -0.15) is 0 Å². The van der Waals surface area contributed by atoms with Crippen molar-refractivity contribution >= 4 is 15.8 Å². The van der Waals surface area contributed by atoms with E-state index in [4.69, 9.17) is 4.74 Å². The number of hydrogen-bond acceptors (Lipinski definition) is 4. The van der Waals surface area contributed by atoms with Crippen LogP contribution in [0.25, 0.3) is 0 Å². The van der Waals surface area contributed by atoms with Crippen LogP contribution in [0.3, 0.4) is 0 Å². The monoisotopic (exact) mass is 296 g/mol. The summed E-state index contributed by atoms with van der Waals surface area (Å²) in [7, 11) is -3.38. The Morgan fingerprint density at radius 2 is 1.85 bits per heavy atom. The van der Waals surface area contributed by atoms with Gasteiger partial charge in [-0.3, -0.25) is 4.79 Å². The minimum absolute atomic E-state index is 0.0371. The van der Waals surface area contributed by atoms with Crippen LogP contribution in [0.1, 0.15) is 25.8 Å². The molecule has 0 aromatic heterocycles. The summed E-state index contributed by atoms with van der Waals surface area (Å²) in [6, 6.07) is 6.80. The van der Waals surface area contributed by atoms with E-state index in [1.165, 1.54) is 0 Å². The highest BCUT2D eigenvalue weighted by Crippen LogP contribution is 2.30. The van der Waals surface area contributed by atoms with Crippen molar-refractivity contribution in [2.75, 3.05) is 5.75 Å². The zero-order chi connectivity index (χ0) is 14.9. The lowest BCUT2D eigenvalue weighted by atomic mass is 9.95. The molecule has 2 rings (SSSR count). The number of carbonyl (C=O) groups excluding carboxylic acids is 1. The lowest BCUT2D eigenvalue weighted by Gasteiger charge is -2.20. The normalized spacial score (nSPS) is 23.1. The number of sulfone groups is 1. The van der Waals surface area contributed by atoms with Crippen LogP contribution < -0.4 is 0 Å². The Balaban J connectivity index is 2.19. The molecular weight excluding hydrogens is 276 g/mol. The van der Waals surface area contributed by atoms with Gasteiger partial charge >= 0.3 is 5.97 Å². The highest BCUT2D eigenvalue weighted by atomic mass is 32.2. The molecule has 0 N–H and O–H groups in total. The molecule has 0 spiro atoms. The lowest BCUT2D eigenvalue weighted by Crippen LogP contribution is -2.28. The van der Waals surface area contributed by atoms with Gasteiger partial charge in [-0.15, -0.1) is 0 Å². The van der Waals surface area contributed by atoms with Crippen LogP contribution in [0.5, 0.6) is 0 Å². The average molecular weight is 296 g/mol. The maximum Gasteiger partial charge on any atom is 0.306 e. The molecule has 110 valence electrons.